The molecule has 6 nitrogen and oxygen atoms in total. The zero-order chi connectivity index (χ0) is 12.4. The molecule has 1 aromatic carbocycles. The predicted molar refractivity (Wildman–Crippen MR) is 62.8 cm³/mol. The Hall–Kier alpha value is -1.79. The molecule has 17 heavy (non-hydrogen) atoms. The third-order valence-corrected chi connectivity index (χ3v) is 2.52. The minimum absolute atomic E-state index is 0.296. The van der Waals surface area contributed by atoms with Crippen molar-refractivity contribution in [3.63, 3.8) is 0 Å². The molecule has 0 spiro atoms. The Kier molecular flexibility index (Phi) is 3.16. The second-order valence-electron chi connectivity index (χ2n) is 4.03. The van der Waals surface area contributed by atoms with Crippen LogP contribution in [0.3, 0.4) is 0 Å². The van der Waals surface area contributed by atoms with Gasteiger partial charge in [0.05, 0.1) is 13.2 Å². The van der Waals surface area contributed by atoms with Gasteiger partial charge in [0.2, 0.25) is 5.82 Å². The molecule has 0 aliphatic carbocycles. The SMILES string of the molecule is CC(N)C(O)c1ccc(-c2nnn(C)n2)cc1. The van der Waals surface area contributed by atoms with E-state index in [2.05, 4.69) is 15.4 Å². The molecule has 0 amide bonds. The fraction of sp³-hybridized carbons (Fsp3) is 0.364. The lowest BCUT2D eigenvalue weighted by Gasteiger charge is -2.14. The van der Waals surface area contributed by atoms with E-state index in [1.165, 1.54) is 4.80 Å². The van der Waals surface area contributed by atoms with E-state index < -0.39 is 6.10 Å². The second-order valence-corrected chi connectivity index (χ2v) is 4.03. The molecule has 0 aliphatic heterocycles. The van der Waals surface area contributed by atoms with Crippen LogP contribution in [0.25, 0.3) is 11.4 Å². The van der Waals surface area contributed by atoms with E-state index in [9.17, 15) is 5.11 Å². The van der Waals surface area contributed by atoms with Gasteiger partial charge in [-0.2, -0.15) is 4.80 Å². The lowest BCUT2D eigenvalue weighted by Crippen LogP contribution is -2.24. The zero-order valence-electron chi connectivity index (χ0n) is 9.78. The Morgan fingerprint density at radius 3 is 2.41 bits per heavy atom. The molecule has 1 heterocycles. The number of nitrogens with two attached hydrogens (primary N) is 1. The fourth-order valence-electron chi connectivity index (χ4n) is 1.53. The summed E-state index contributed by atoms with van der Waals surface area (Å²) in [6.07, 6.45) is -0.654. The molecular formula is C11H15N5O. The van der Waals surface area contributed by atoms with Crippen LogP contribution in [-0.2, 0) is 7.05 Å². The van der Waals surface area contributed by atoms with E-state index in [-0.39, 0.29) is 6.04 Å². The molecule has 0 aliphatic rings. The van der Waals surface area contributed by atoms with Crippen molar-refractivity contribution in [3.8, 4) is 11.4 Å². The maximum atomic E-state index is 9.79. The van der Waals surface area contributed by atoms with E-state index in [4.69, 9.17) is 5.73 Å². The Morgan fingerprint density at radius 2 is 1.94 bits per heavy atom. The molecule has 2 unspecified atom stereocenters. The van der Waals surface area contributed by atoms with Gasteiger partial charge in [-0.15, -0.1) is 10.2 Å². The summed E-state index contributed by atoms with van der Waals surface area (Å²) in [7, 11) is 1.71. The van der Waals surface area contributed by atoms with Crippen molar-refractivity contribution in [1.82, 2.24) is 20.2 Å². The van der Waals surface area contributed by atoms with Gasteiger partial charge in [-0.1, -0.05) is 24.3 Å². The van der Waals surface area contributed by atoms with Crippen molar-refractivity contribution in [2.75, 3.05) is 0 Å². The van der Waals surface area contributed by atoms with Crippen LogP contribution in [0.4, 0.5) is 0 Å². The topological polar surface area (TPSA) is 89.9 Å². The van der Waals surface area contributed by atoms with Gasteiger partial charge in [-0.3, -0.25) is 0 Å². The Morgan fingerprint density at radius 1 is 1.29 bits per heavy atom. The van der Waals surface area contributed by atoms with Crippen molar-refractivity contribution >= 4 is 0 Å². The number of hydrogen-bond donors (Lipinski definition) is 2. The highest BCUT2D eigenvalue weighted by Gasteiger charge is 2.12. The number of aliphatic hydroxyl groups excluding tert-OH is 1. The first-order chi connectivity index (χ1) is 8.08. The average Bonchev–Trinajstić information content (AvgIpc) is 2.75. The molecule has 2 aromatic rings. The lowest BCUT2D eigenvalue weighted by atomic mass is 10.0. The van der Waals surface area contributed by atoms with Crippen LogP contribution in [0.2, 0.25) is 0 Å². The first-order valence-electron chi connectivity index (χ1n) is 5.36. The van der Waals surface area contributed by atoms with Crippen LogP contribution in [0.15, 0.2) is 24.3 Å². The number of hydrogen-bond acceptors (Lipinski definition) is 5. The maximum Gasteiger partial charge on any atom is 0.204 e. The summed E-state index contributed by atoms with van der Waals surface area (Å²) in [4.78, 5) is 1.40. The summed E-state index contributed by atoms with van der Waals surface area (Å²) in [5.41, 5.74) is 7.28. The van der Waals surface area contributed by atoms with Gasteiger partial charge in [-0.05, 0) is 17.7 Å². The quantitative estimate of drug-likeness (QED) is 0.793. The highest BCUT2D eigenvalue weighted by atomic mass is 16.3. The first-order valence-corrected chi connectivity index (χ1v) is 5.36. The Bertz CT molecular complexity index is 491. The van der Waals surface area contributed by atoms with Gasteiger partial charge < -0.3 is 10.8 Å². The van der Waals surface area contributed by atoms with Crippen molar-refractivity contribution in [2.24, 2.45) is 12.8 Å². The molecule has 2 atom stereocenters. The van der Waals surface area contributed by atoms with Gasteiger partial charge in [0.15, 0.2) is 0 Å². The minimum Gasteiger partial charge on any atom is -0.387 e. The molecular weight excluding hydrogens is 218 g/mol. The van der Waals surface area contributed by atoms with Crippen molar-refractivity contribution in [2.45, 2.75) is 19.1 Å². The van der Waals surface area contributed by atoms with Crippen molar-refractivity contribution < 1.29 is 5.11 Å². The number of nitrogens with zero attached hydrogens (tertiary/aromatic N) is 4. The molecule has 0 saturated carbocycles. The first kappa shape index (κ1) is 11.7. The summed E-state index contributed by atoms with van der Waals surface area (Å²) in [5.74, 6) is 0.564. The van der Waals surface area contributed by atoms with E-state index in [1.54, 1.807) is 14.0 Å². The third-order valence-electron chi connectivity index (χ3n) is 2.52. The number of aryl methyl sites for hydroxylation is 1. The van der Waals surface area contributed by atoms with E-state index in [0.29, 0.717) is 5.82 Å². The monoisotopic (exact) mass is 233 g/mol. The summed E-state index contributed by atoms with van der Waals surface area (Å²) >= 11 is 0. The van der Waals surface area contributed by atoms with Crippen LogP contribution in [-0.4, -0.2) is 31.4 Å². The van der Waals surface area contributed by atoms with Crippen LogP contribution in [0, 0.1) is 0 Å². The molecule has 1 aromatic heterocycles. The summed E-state index contributed by atoms with van der Waals surface area (Å²) < 4.78 is 0. The summed E-state index contributed by atoms with van der Waals surface area (Å²) in [6, 6.07) is 7.03. The maximum absolute atomic E-state index is 9.79. The molecule has 6 heteroatoms. The molecule has 0 saturated heterocycles. The fourth-order valence-corrected chi connectivity index (χ4v) is 1.53. The highest BCUT2D eigenvalue weighted by Crippen LogP contribution is 2.19. The number of aliphatic hydroxyl groups is 1. The van der Waals surface area contributed by atoms with Crippen LogP contribution in [0.5, 0.6) is 0 Å². The van der Waals surface area contributed by atoms with Crippen LogP contribution < -0.4 is 5.73 Å². The Labute approximate surface area is 99.1 Å². The van der Waals surface area contributed by atoms with E-state index in [1.807, 2.05) is 24.3 Å². The van der Waals surface area contributed by atoms with Crippen molar-refractivity contribution in [3.05, 3.63) is 29.8 Å². The molecule has 0 bridgehead atoms. The second kappa shape index (κ2) is 4.60. The summed E-state index contributed by atoms with van der Waals surface area (Å²) in [5, 5.41) is 21.6. The molecule has 0 radical (unpaired) electrons. The third kappa shape index (κ3) is 2.48. The van der Waals surface area contributed by atoms with Gasteiger partial charge in [-0.25, -0.2) is 0 Å². The van der Waals surface area contributed by atoms with Crippen molar-refractivity contribution in [1.29, 1.82) is 0 Å². The highest BCUT2D eigenvalue weighted by molar-refractivity contribution is 5.54. The van der Waals surface area contributed by atoms with Gasteiger partial charge >= 0.3 is 0 Å². The normalized spacial score (nSPS) is 14.6. The van der Waals surface area contributed by atoms with E-state index in [0.717, 1.165) is 11.1 Å². The molecule has 0 fully saturated rings. The van der Waals surface area contributed by atoms with Gasteiger partial charge in [0.25, 0.3) is 0 Å². The number of rotatable bonds is 3. The lowest BCUT2D eigenvalue weighted by molar-refractivity contribution is 0.153. The Balaban J connectivity index is 2.24. The summed E-state index contributed by atoms with van der Waals surface area (Å²) in [6.45, 7) is 1.77. The largest absolute Gasteiger partial charge is 0.387 e. The zero-order valence-corrected chi connectivity index (χ0v) is 9.78. The number of benzene rings is 1. The predicted octanol–water partition coefficient (Wildman–Crippen LogP) is 0.258. The van der Waals surface area contributed by atoms with Gasteiger partial charge in [0.1, 0.15) is 0 Å². The smallest absolute Gasteiger partial charge is 0.204 e. The number of aromatic nitrogens is 4. The molecule has 3 N–H and O–H groups in total. The van der Waals surface area contributed by atoms with Gasteiger partial charge in [0, 0.05) is 11.6 Å². The molecule has 90 valence electrons. The van der Waals surface area contributed by atoms with Crippen LogP contribution >= 0.6 is 0 Å². The van der Waals surface area contributed by atoms with Crippen LogP contribution in [0.1, 0.15) is 18.6 Å². The standard InChI is InChI=1S/C11H15N5O/c1-7(12)10(17)8-3-5-9(6-4-8)11-13-15-16(2)14-11/h3-7,10,17H,12H2,1-2H3. The average molecular weight is 233 g/mol. The molecule has 2 rings (SSSR count). The minimum atomic E-state index is -0.654. The number of tetrazole rings is 1. The van der Waals surface area contributed by atoms with E-state index >= 15 is 0 Å².